The standard InChI is InChI=1S/C18H20N3O2/c1-23-14-9-7-13(8-10-14)20-12-16-15-5-3-2-4-6-17(15)19-11-18(16)21(20)22/h7-12,22H,2-6H2,1H3/q+1. The molecule has 0 saturated heterocycles. The molecule has 5 nitrogen and oxygen atoms in total. The Balaban J connectivity index is 1.87. The number of methoxy groups -OCH3 is 1. The highest BCUT2D eigenvalue weighted by molar-refractivity contribution is 5.81. The molecule has 0 amide bonds. The van der Waals surface area contributed by atoms with E-state index in [1.54, 1.807) is 18.0 Å². The van der Waals surface area contributed by atoms with E-state index in [1.165, 1.54) is 35.4 Å². The Kier molecular flexibility index (Phi) is 3.41. The van der Waals surface area contributed by atoms with Crippen LogP contribution in [0, 0.1) is 0 Å². The van der Waals surface area contributed by atoms with Crippen LogP contribution in [0.5, 0.6) is 5.75 Å². The number of hydrogen-bond acceptors (Lipinski definition) is 3. The van der Waals surface area contributed by atoms with Gasteiger partial charge in [0, 0.05) is 22.7 Å². The highest BCUT2D eigenvalue weighted by atomic mass is 16.5. The minimum atomic E-state index is 0.751. The van der Waals surface area contributed by atoms with Crippen LogP contribution in [0.1, 0.15) is 30.5 Å². The summed E-state index contributed by atoms with van der Waals surface area (Å²) in [4.78, 5) is 5.76. The van der Waals surface area contributed by atoms with E-state index in [4.69, 9.17) is 4.74 Å². The lowest BCUT2D eigenvalue weighted by molar-refractivity contribution is -0.713. The molecule has 2 heterocycles. The molecule has 0 unspecified atom stereocenters. The first-order valence-corrected chi connectivity index (χ1v) is 8.06. The van der Waals surface area contributed by atoms with Crippen LogP contribution in [-0.2, 0) is 12.8 Å². The van der Waals surface area contributed by atoms with Crippen LogP contribution in [0.4, 0.5) is 0 Å². The second-order valence-electron chi connectivity index (χ2n) is 6.00. The van der Waals surface area contributed by atoms with Gasteiger partial charge in [0.2, 0.25) is 11.9 Å². The maximum Gasteiger partial charge on any atom is 0.239 e. The van der Waals surface area contributed by atoms with Crippen molar-refractivity contribution < 1.29 is 14.6 Å². The van der Waals surface area contributed by atoms with E-state index in [2.05, 4.69) is 4.98 Å². The van der Waals surface area contributed by atoms with Gasteiger partial charge in [-0.25, -0.2) is 0 Å². The van der Waals surface area contributed by atoms with E-state index in [9.17, 15) is 5.21 Å². The van der Waals surface area contributed by atoms with Crippen LogP contribution < -0.4 is 9.42 Å². The van der Waals surface area contributed by atoms with Gasteiger partial charge < -0.3 is 9.94 Å². The summed E-state index contributed by atoms with van der Waals surface area (Å²) in [6.07, 6.45) is 9.48. The van der Waals surface area contributed by atoms with Crippen LogP contribution >= 0.6 is 0 Å². The maximum absolute atomic E-state index is 10.5. The zero-order chi connectivity index (χ0) is 15.8. The van der Waals surface area contributed by atoms with Gasteiger partial charge in [0.15, 0.2) is 5.52 Å². The molecule has 4 rings (SSSR count). The van der Waals surface area contributed by atoms with Gasteiger partial charge in [-0.05, 0) is 48.1 Å². The number of pyridine rings is 1. The third-order valence-corrected chi connectivity index (χ3v) is 4.64. The van der Waals surface area contributed by atoms with Crippen LogP contribution in [0.15, 0.2) is 36.7 Å². The molecule has 118 valence electrons. The summed E-state index contributed by atoms with van der Waals surface area (Å²) in [5.74, 6) is 0.797. The van der Waals surface area contributed by atoms with Gasteiger partial charge in [-0.1, -0.05) is 6.42 Å². The summed E-state index contributed by atoms with van der Waals surface area (Å²) in [6.45, 7) is 0. The minimum Gasteiger partial charge on any atom is -0.497 e. The molecule has 0 aliphatic heterocycles. The average molecular weight is 310 g/mol. The van der Waals surface area contributed by atoms with Gasteiger partial charge in [0.1, 0.15) is 5.75 Å². The van der Waals surface area contributed by atoms with Crippen LogP contribution in [0.2, 0.25) is 0 Å². The van der Waals surface area contributed by atoms with Crippen LogP contribution in [0.3, 0.4) is 0 Å². The van der Waals surface area contributed by atoms with E-state index in [0.29, 0.717) is 0 Å². The number of fused-ring (bicyclic) bond motifs is 3. The Bertz CT molecular complexity index is 853. The number of nitrogens with zero attached hydrogens (tertiary/aromatic N) is 3. The van der Waals surface area contributed by atoms with Crippen molar-refractivity contribution in [3.63, 3.8) is 0 Å². The molecule has 3 aromatic rings. The Morgan fingerprint density at radius 2 is 1.91 bits per heavy atom. The topological polar surface area (TPSA) is 51.2 Å². The predicted molar refractivity (Wildman–Crippen MR) is 86.3 cm³/mol. The quantitative estimate of drug-likeness (QED) is 0.450. The Hall–Kier alpha value is -2.56. The summed E-state index contributed by atoms with van der Waals surface area (Å²) in [5, 5.41) is 11.6. The summed E-state index contributed by atoms with van der Waals surface area (Å²) < 4.78 is 6.94. The van der Waals surface area contributed by atoms with Gasteiger partial charge in [0.25, 0.3) is 0 Å². The molecular formula is C18H20N3O2+. The summed E-state index contributed by atoms with van der Waals surface area (Å²) in [5.41, 5.74) is 4.10. The average Bonchev–Trinajstić information content (AvgIpc) is 2.77. The van der Waals surface area contributed by atoms with E-state index >= 15 is 0 Å². The third kappa shape index (κ3) is 2.32. The number of hydrogen-bond donors (Lipinski definition) is 1. The van der Waals surface area contributed by atoms with E-state index in [1.807, 2.05) is 30.5 Å². The molecule has 0 radical (unpaired) electrons. The normalized spacial score (nSPS) is 14.5. The van der Waals surface area contributed by atoms with Gasteiger partial charge in [-0.2, -0.15) is 0 Å². The molecular weight excluding hydrogens is 290 g/mol. The van der Waals surface area contributed by atoms with Crippen molar-refractivity contribution in [1.82, 2.24) is 9.83 Å². The number of aryl methyl sites for hydroxylation is 2. The van der Waals surface area contributed by atoms with Gasteiger partial charge in [-0.3, -0.25) is 4.98 Å². The molecule has 1 aliphatic carbocycles. The number of ether oxygens (including phenoxy) is 1. The zero-order valence-electron chi connectivity index (χ0n) is 13.2. The molecule has 0 fully saturated rings. The zero-order valence-corrected chi connectivity index (χ0v) is 13.2. The summed E-state index contributed by atoms with van der Waals surface area (Å²) in [7, 11) is 1.64. The fourth-order valence-electron chi connectivity index (χ4n) is 3.38. The molecule has 0 atom stereocenters. The molecule has 0 bridgehead atoms. The van der Waals surface area contributed by atoms with Crippen molar-refractivity contribution in [3.05, 3.63) is 47.9 Å². The summed E-state index contributed by atoms with van der Waals surface area (Å²) >= 11 is 0. The maximum atomic E-state index is 10.5. The molecule has 1 N–H and O–H groups in total. The Morgan fingerprint density at radius 1 is 1.13 bits per heavy atom. The lowest BCUT2D eigenvalue weighted by atomic mass is 10.1. The Labute approximate surface area is 134 Å². The SMILES string of the molecule is COc1ccc(-[n+]2cc3c4c(ncc3n2O)CCCCC4)cc1. The molecule has 0 spiro atoms. The van der Waals surface area contributed by atoms with Crippen molar-refractivity contribution in [2.24, 2.45) is 0 Å². The van der Waals surface area contributed by atoms with Crippen molar-refractivity contribution in [2.45, 2.75) is 32.1 Å². The fourth-order valence-corrected chi connectivity index (χ4v) is 3.38. The van der Waals surface area contributed by atoms with E-state index < -0.39 is 0 Å². The van der Waals surface area contributed by atoms with Crippen molar-refractivity contribution in [3.8, 4) is 11.4 Å². The highest BCUT2D eigenvalue weighted by Crippen LogP contribution is 2.26. The lowest BCUT2D eigenvalue weighted by Crippen LogP contribution is -2.38. The number of rotatable bonds is 2. The van der Waals surface area contributed by atoms with E-state index in [0.717, 1.165) is 35.2 Å². The first-order chi connectivity index (χ1) is 11.3. The van der Waals surface area contributed by atoms with Crippen molar-refractivity contribution >= 4 is 10.9 Å². The first kappa shape index (κ1) is 14.1. The molecule has 1 aliphatic rings. The summed E-state index contributed by atoms with van der Waals surface area (Å²) in [6, 6.07) is 7.63. The monoisotopic (exact) mass is 310 g/mol. The molecule has 2 aromatic heterocycles. The van der Waals surface area contributed by atoms with Crippen molar-refractivity contribution in [1.29, 1.82) is 0 Å². The molecule has 23 heavy (non-hydrogen) atoms. The van der Waals surface area contributed by atoms with Crippen molar-refractivity contribution in [2.75, 3.05) is 7.11 Å². The van der Waals surface area contributed by atoms with Gasteiger partial charge in [0.05, 0.1) is 18.7 Å². The largest absolute Gasteiger partial charge is 0.497 e. The molecule has 0 saturated carbocycles. The predicted octanol–water partition coefficient (Wildman–Crippen LogP) is 2.83. The number of aromatic nitrogens is 3. The highest BCUT2D eigenvalue weighted by Gasteiger charge is 2.23. The Morgan fingerprint density at radius 3 is 2.70 bits per heavy atom. The minimum absolute atomic E-state index is 0.751. The molecule has 1 aromatic carbocycles. The third-order valence-electron chi connectivity index (χ3n) is 4.64. The lowest BCUT2D eigenvalue weighted by Gasteiger charge is -2.03. The second kappa shape index (κ2) is 5.57. The second-order valence-corrected chi connectivity index (χ2v) is 6.00. The van der Waals surface area contributed by atoms with Crippen LogP contribution in [0.25, 0.3) is 16.6 Å². The van der Waals surface area contributed by atoms with Gasteiger partial charge >= 0.3 is 0 Å². The molecule has 5 heteroatoms. The smallest absolute Gasteiger partial charge is 0.239 e. The number of benzene rings is 1. The first-order valence-electron chi connectivity index (χ1n) is 8.06. The fraction of sp³-hybridized carbons (Fsp3) is 0.333. The van der Waals surface area contributed by atoms with Crippen LogP contribution in [-0.4, -0.2) is 22.1 Å². The van der Waals surface area contributed by atoms with Gasteiger partial charge in [-0.15, -0.1) is 0 Å². The van der Waals surface area contributed by atoms with E-state index in [-0.39, 0.29) is 0 Å².